The van der Waals surface area contributed by atoms with Gasteiger partial charge >= 0.3 is 0 Å². The van der Waals surface area contributed by atoms with Crippen LogP contribution in [0.5, 0.6) is 5.75 Å². The van der Waals surface area contributed by atoms with Gasteiger partial charge in [-0.25, -0.2) is 5.43 Å². The van der Waals surface area contributed by atoms with Gasteiger partial charge in [0.1, 0.15) is 12.4 Å². The van der Waals surface area contributed by atoms with Gasteiger partial charge in [0.25, 0.3) is 5.91 Å². The number of halogens is 1. The Labute approximate surface area is 167 Å². The molecule has 0 aliphatic heterocycles. The maximum absolute atomic E-state index is 12.0. The van der Waals surface area contributed by atoms with Crippen LogP contribution >= 0.6 is 11.6 Å². The molecule has 0 heterocycles. The molecule has 0 aromatic heterocycles. The van der Waals surface area contributed by atoms with E-state index in [2.05, 4.69) is 10.5 Å². The van der Waals surface area contributed by atoms with Crippen LogP contribution in [0.4, 0.5) is 0 Å². The third-order valence-corrected chi connectivity index (χ3v) is 4.11. The van der Waals surface area contributed by atoms with Crippen molar-refractivity contribution >= 4 is 23.7 Å². The Kier molecular flexibility index (Phi) is 6.40. The molecule has 6 heteroatoms. The van der Waals surface area contributed by atoms with E-state index in [0.29, 0.717) is 22.8 Å². The van der Waals surface area contributed by atoms with Gasteiger partial charge in [-0.15, -0.1) is 0 Å². The summed E-state index contributed by atoms with van der Waals surface area (Å²) in [5.74, 6) is 0.386. The summed E-state index contributed by atoms with van der Waals surface area (Å²) in [5, 5.41) is 13.4. The molecule has 0 spiro atoms. The lowest BCUT2D eigenvalue weighted by molar-refractivity contribution is 0.0955. The van der Waals surface area contributed by atoms with Crippen LogP contribution < -0.4 is 10.2 Å². The molecule has 28 heavy (non-hydrogen) atoms. The molecule has 0 fully saturated rings. The Morgan fingerprint density at radius 3 is 2.36 bits per heavy atom. The second-order valence-corrected chi connectivity index (χ2v) is 6.31. The zero-order chi connectivity index (χ0) is 19.8. The van der Waals surface area contributed by atoms with Crippen molar-refractivity contribution < 1.29 is 9.53 Å². The van der Waals surface area contributed by atoms with Gasteiger partial charge in [-0.05, 0) is 71.8 Å². The zero-order valence-corrected chi connectivity index (χ0v) is 15.6. The average Bonchev–Trinajstić information content (AvgIpc) is 2.74. The molecule has 3 rings (SSSR count). The predicted octanol–water partition coefficient (Wildman–Crippen LogP) is 4.55. The van der Waals surface area contributed by atoms with Crippen LogP contribution in [0.15, 0.2) is 77.9 Å². The van der Waals surface area contributed by atoms with E-state index in [0.717, 1.165) is 16.9 Å². The molecule has 0 aliphatic rings. The van der Waals surface area contributed by atoms with Crippen molar-refractivity contribution in [1.29, 1.82) is 5.26 Å². The molecule has 1 N–H and O–H groups in total. The largest absolute Gasteiger partial charge is 0.489 e. The van der Waals surface area contributed by atoms with E-state index in [1.807, 2.05) is 54.6 Å². The van der Waals surface area contributed by atoms with Crippen LogP contribution in [-0.4, -0.2) is 12.1 Å². The van der Waals surface area contributed by atoms with Crippen molar-refractivity contribution in [3.63, 3.8) is 0 Å². The molecule has 5 nitrogen and oxygen atoms in total. The first-order valence-corrected chi connectivity index (χ1v) is 8.83. The summed E-state index contributed by atoms with van der Waals surface area (Å²) in [6.07, 6.45) is 1.55. The number of nitrogens with one attached hydrogen (secondary N) is 1. The number of nitriles is 1. The first kappa shape index (κ1) is 19.2. The molecule has 138 valence electrons. The van der Waals surface area contributed by atoms with Crippen molar-refractivity contribution in [2.75, 3.05) is 0 Å². The van der Waals surface area contributed by atoms with E-state index >= 15 is 0 Å². The van der Waals surface area contributed by atoms with Gasteiger partial charge in [0.2, 0.25) is 0 Å². The SMILES string of the molecule is N#Cc1ccc(C(=O)N/N=C\c2ccc(OCc3ccc(Cl)cc3)cc2)cc1. The van der Waals surface area contributed by atoms with E-state index in [9.17, 15) is 4.79 Å². The molecule has 0 aliphatic carbocycles. The summed E-state index contributed by atoms with van der Waals surface area (Å²) < 4.78 is 5.73. The minimum Gasteiger partial charge on any atom is -0.489 e. The van der Waals surface area contributed by atoms with E-state index in [4.69, 9.17) is 21.6 Å². The van der Waals surface area contributed by atoms with Crippen LogP contribution in [0.1, 0.15) is 27.0 Å². The number of carbonyl (C=O) groups excluding carboxylic acids is 1. The third kappa shape index (κ3) is 5.44. The molecule has 1 amide bonds. The first-order valence-electron chi connectivity index (χ1n) is 8.45. The van der Waals surface area contributed by atoms with E-state index < -0.39 is 0 Å². The van der Waals surface area contributed by atoms with Crippen molar-refractivity contribution in [2.45, 2.75) is 6.61 Å². The van der Waals surface area contributed by atoms with E-state index in [-0.39, 0.29) is 5.91 Å². The number of hydrazone groups is 1. The summed E-state index contributed by atoms with van der Waals surface area (Å²) in [6.45, 7) is 0.450. The summed E-state index contributed by atoms with van der Waals surface area (Å²) >= 11 is 5.86. The highest BCUT2D eigenvalue weighted by Gasteiger charge is 2.03. The van der Waals surface area contributed by atoms with Crippen LogP contribution in [-0.2, 0) is 6.61 Å². The summed E-state index contributed by atoms with van der Waals surface area (Å²) in [5.41, 5.74) is 5.23. The Morgan fingerprint density at radius 1 is 1.04 bits per heavy atom. The van der Waals surface area contributed by atoms with Gasteiger partial charge < -0.3 is 4.74 Å². The number of rotatable bonds is 6. The molecular weight excluding hydrogens is 374 g/mol. The van der Waals surface area contributed by atoms with Crippen molar-refractivity contribution in [3.05, 3.63) is 100 Å². The second-order valence-electron chi connectivity index (χ2n) is 5.87. The van der Waals surface area contributed by atoms with E-state index in [1.54, 1.807) is 30.5 Å². The predicted molar refractivity (Wildman–Crippen MR) is 108 cm³/mol. The average molecular weight is 390 g/mol. The quantitative estimate of drug-likeness (QED) is 0.496. The number of benzene rings is 3. The molecule has 0 atom stereocenters. The Hall–Kier alpha value is -3.62. The molecule has 0 unspecified atom stereocenters. The monoisotopic (exact) mass is 389 g/mol. The second kappa shape index (κ2) is 9.36. The highest BCUT2D eigenvalue weighted by molar-refractivity contribution is 6.30. The van der Waals surface area contributed by atoms with Crippen molar-refractivity contribution in [3.8, 4) is 11.8 Å². The number of amides is 1. The molecule has 3 aromatic rings. The third-order valence-electron chi connectivity index (χ3n) is 3.85. The van der Waals surface area contributed by atoms with Gasteiger partial charge in [-0.2, -0.15) is 10.4 Å². The van der Waals surface area contributed by atoms with Gasteiger partial charge in [0, 0.05) is 10.6 Å². The van der Waals surface area contributed by atoms with Crippen LogP contribution in [0.25, 0.3) is 0 Å². The number of ether oxygens (including phenoxy) is 1. The minimum atomic E-state index is -0.344. The molecule has 0 bridgehead atoms. The fourth-order valence-electron chi connectivity index (χ4n) is 2.32. The first-order chi connectivity index (χ1) is 13.6. The van der Waals surface area contributed by atoms with Crippen molar-refractivity contribution in [2.24, 2.45) is 5.10 Å². The lowest BCUT2D eigenvalue weighted by Gasteiger charge is -2.06. The van der Waals surface area contributed by atoms with Crippen LogP contribution in [0, 0.1) is 11.3 Å². The number of hydrogen-bond acceptors (Lipinski definition) is 4. The zero-order valence-electron chi connectivity index (χ0n) is 14.8. The van der Waals surface area contributed by atoms with Gasteiger partial charge in [0.15, 0.2) is 0 Å². The van der Waals surface area contributed by atoms with Crippen molar-refractivity contribution in [1.82, 2.24) is 5.43 Å². The maximum atomic E-state index is 12.0. The van der Waals surface area contributed by atoms with Gasteiger partial charge in [-0.1, -0.05) is 23.7 Å². The van der Waals surface area contributed by atoms with Gasteiger partial charge in [0.05, 0.1) is 17.8 Å². The fraction of sp³-hybridized carbons (Fsp3) is 0.0455. The molecule has 0 radical (unpaired) electrons. The van der Waals surface area contributed by atoms with Gasteiger partial charge in [-0.3, -0.25) is 4.79 Å². The molecular formula is C22H16ClN3O2. The topological polar surface area (TPSA) is 74.5 Å². The Bertz CT molecular complexity index is 1010. The Balaban J connectivity index is 1.51. The van der Waals surface area contributed by atoms with Crippen LogP contribution in [0.3, 0.4) is 0 Å². The number of hydrogen-bond donors (Lipinski definition) is 1. The highest BCUT2D eigenvalue weighted by Crippen LogP contribution is 2.15. The summed E-state index contributed by atoms with van der Waals surface area (Å²) in [4.78, 5) is 12.0. The number of nitrogens with zero attached hydrogens (tertiary/aromatic N) is 2. The smallest absolute Gasteiger partial charge is 0.271 e. The standard InChI is InChI=1S/C22H16ClN3O2/c23-20-9-3-18(4-10-20)15-28-21-11-5-17(6-12-21)14-25-26-22(27)19-7-1-16(13-24)2-8-19/h1-12,14H,15H2,(H,26,27)/b25-14-. The molecule has 0 saturated carbocycles. The maximum Gasteiger partial charge on any atom is 0.271 e. The normalized spacial score (nSPS) is 10.4. The lowest BCUT2D eigenvalue weighted by Crippen LogP contribution is -2.17. The Morgan fingerprint density at radius 2 is 1.71 bits per heavy atom. The molecule has 0 saturated heterocycles. The van der Waals surface area contributed by atoms with Crippen LogP contribution in [0.2, 0.25) is 5.02 Å². The minimum absolute atomic E-state index is 0.344. The highest BCUT2D eigenvalue weighted by atomic mass is 35.5. The summed E-state index contributed by atoms with van der Waals surface area (Å²) in [6, 6.07) is 23.2. The number of carbonyl (C=O) groups is 1. The fourth-order valence-corrected chi connectivity index (χ4v) is 2.45. The molecule has 3 aromatic carbocycles. The summed E-state index contributed by atoms with van der Waals surface area (Å²) in [7, 11) is 0. The lowest BCUT2D eigenvalue weighted by atomic mass is 10.1. The van der Waals surface area contributed by atoms with E-state index in [1.165, 1.54) is 0 Å².